The zero-order chi connectivity index (χ0) is 14.1. The van der Waals surface area contributed by atoms with Crippen molar-refractivity contribution in [3.05, 3.63) is 42.0 Å². The van der Waals surface area contributed by atoms with Crippen molar-refractivity contribution in [1.29, 1.82) is 0 Å². The van der Waals surface area contributed by atoms with Gasteiger partial charge in [0.05, 0.1) is 12.0 Å². The summed E-state index contributed by atoms with van der Waals surface area (Å²) in [6.07, 6.45) is 6.85. The monoisotopic (exact) mass is 278 g/mol. The summed E-state index contributed by atoms with van der Waals surface area (Å²) in [5.41, 5.74) is 0.520. The van der Waals surface area contributed by atoms with Gasteiger partial charge in [0, 0.05) is 10.6 Å². The van der Waals surface area contributed by atoms with Crippen molar-refractivity contribution in [2.45, 2.75) is 38.2 Å². The molecule has 19 heavy (non-hydrogen) atoms. The topological polar surface area (TPSA) is 37.3 Å². The van der Waals surface area contributed by atoms with Crippen LogP contribution in [-0.4, -0.2) is 17.1 Å². The molecule has 1 atom stereocenters. The Morgan fingerprint density at radius 1 is 1.32 bits per heavy atom. The number of carbonyl (C=O) groups is 1. The molecule has 1 aromatic carbocycles. The number of aliphatic hydroxyl groups is 1. The maximum absolute atomic E-state index is 11.4. The lowest BCUT2D eigenvalue weighted by atomic mass is 9.88. The van der Waals surface area contributed by atoms with Gasteiger partial charge in [0.2, 0.25) is 0 Å². The van der Waals surface area contributed by atoms with E-state index in [9.17, 15) is 9.90 Å². The van der Waals surface area contributed by atoms with Gasteiger partial charge in [-0.15, -0.1) is 11.8 Å². The van der Waals surface area contributed by atoms with E-state index in [-0.39, 0.29) is 6.61 Å². The maximum Gasteiger partial charge on any atom is 0.130 e. The summed E-state index contributed by atoms with van der Waals surface area (Å²) in [6.45, 7) is 4.14. The van der Waals surface area contributed by atoms with Crippen LogP contribution in [-0.2, 0) is 11.4 Å². The van der Waals surface area contributed by atoms with Crippen molar-refractivity contribution in [3.63, 3.8) is 0 Å². The number of aldehydes is 1. The highest BCUT2D eigenvalue weighted by molar-refractivity contribution is 7.99. The predicted molar refractivity (Wildman–Crippen MR) is 81.3 cm³/mol. The van der Waals surface area contributed by atoms with Gasteiger partial charge < -0.3 is 9.90 Å². The van der Waals surface area contributed by atoms with E-state index in [1.54, 1.807) is 11.8 Å². The molecule has 2 nitrogen and oxygen atoms in total. The van der Waals surface area contributed by atoms with Crippen LogP contribution >= 0.6 is 11.8 Å². The molecule has 0 amide bonds. The molecule has 0 bridgehead atoms. The second kappa shape index (κ2) is 8.18. The fraction of sp³-hybridized carbons (Fsp3) is 0.438. The van der Waals surface area contributed by atoms with E-state index < -0.39 is 5.41 Å². The van der Waals surface area contributed by atoms with E-state index in [1.807, 2.05) is 37.3 Å². The molecular formula is C16H22O2S. The molecule has 0 aliphatic rings. The number of hydrogen-bond acceptors (Lipinski definition) is 3. The maximum atomic E-state index is 11.4. The zero-order valence-corrected chi connectivity index (χ0v) is 12.5. The molecule has 104 valence electrons. The van der Waals surface area contributed by atoms with Gasteiger partial charge in [-0.25, -0.2) is 0 Å². The zero-order valence-electron chi connectivity index (χ0n) is 11.6. The molecule has 0 spiro atoms. The first-order chi connectivity index (χ1) is 9.21. The Balaban J connectivity index is 2.81. The van der Waals surface area contributed by atoms with Gasteiger partial charge in [-0.2, -0.15) is 0 Å². The summed E-state index contributed by atoms with van der Waals surface area (Å²) in [4.78, 5) is 12.5. The molecule has 0 aliphatic carbocycles. The van der Waals surface area contributed by atoms with E-state index >= 15 is 0 Å². The molecule has 1 unspecified atom stereocenters. The van der Waals surface area contributed by atoms with Gasteiger partial charge in [-0.3, -0.25) is 0 Å². The summed E-state index contributed by atoms with van der Waals surface area (Å²) in [5.74, 6) is 0.709. The second-order valence-electron chi connectivity index (χ2n) is 4.57. The standard InChI is InChI=1S/C16H22O2S/c1-3-5-10-16(4-2,12-18)13-19-15-9-7-6-8-14(15)11-17/h5-10,12,17H,3-4,11,13H2,1-2H3. The van der Waals surface area contributed by atoms with Crippen molar-refractivity contribution in [1.82, 2.24) is 0 Å². The predicted octanol–water partition coefficient (Wildman–Crippen LogP) is 3.83. The van der Waals surface area contributed by atoms with Crippen LogP contribution < -0.4 is 0 Å². The van der Waals surface area contributed by atoms with Crippen molar-refractivity contribution < 1.29 is 9.90 Å². The van der Waals surface area contributed by atoms with Gasteiger partial charge >= 0.3 is 0 Å². The Morgan fingerprint density at radius 3 is 2.63 bits per heavy atom. The lowest BCUT2D eigenvalue weighted by molar-refractivity contribution is -0.113. The normalized spacial score (nSPS) is 14.5. The van der Waals surface area contributed by atoms with Crippen LogP contribution in [0.2, 0.25) is 0 Å². The van der Waals surface area contributed by atoms with Crippen LogP contribution in [0, 0.1) is 5.41 Å². The van der Waals surface area contributed by atoms with Gasteiger partial charge in [0.1, 0.15) is 6.29 Å². The first-order valence-corrected chi connectivity index (χ1v) is 7.65. The molecule has 0 fully saturated rings. The fourth-order valence-electron chi connectivity index (χ4n) is 1.76. The number of rotatable bonds is 8. The molecule has 0 saturated heterocycles. The average molecular weight is 278 g/mol. The minimum absolute atomic E-state index is 0.0359. The van der Waals surface area contributed by atoms with Crippen LogP contribution in [0.15, 0.2) is 41.3 Å². The molecule has 0 aromatic heterocycles. The summed E-state index contributed by atoms with van der Waals surface area (Å²) in [5, 5.41) is 9.31. The number of thioether (sulfide) groups is 1. The van der Waals surface area contributed by atoms with Gasteiger partial charge in [0.15, 0.2) is 0 Å². The average Bonchev–Trinajstić information content (AvgIpc) is 2.48. The Kier molecular flexibility index (Phi) is 6.89. The van der Waals surface area contributed by atoms with Crippen molar-refractivity contribution in [2.75, 3.05) is 5.75 Å². The molecule has 1 N–H and O–H groups in total. The van der Waals surface area contributed by atoms with Crippen LogP contribution in [0.4, 0.5) is 0 Å². The number of carbonyl (C=O) groups excluding carboxylic acids is 1. The fourth-order valence-corrected chi connectivity index (χ4v) is 3.05. The Morgan fingerprint density at radius 2 is 2.05 bits per heavy atom. The molecule has 0 radical (unpaired) electrons. The van der Waals surface area contributed by atoms with E-state index in [1.165, 1.54) is 0 Å². The number of benzene rings is 1. The SMILES string of the molecule is CCC=CC(C=O)(CC)CSc1ccccc1CO. The molecule has 0 saturated carbocycles. The van der Waals surface area contributed by atoms with Crippen molar-refractivity contribution in [2.24, 2.45) is 5.41 Å². The number of aliphatic hydroxyl groups excluding tert-OH is 1. The molecule has 0 heterocycles. The quantitative estimate of drug-likeness (QED) is 0.446. The minimum Gasteiger partial charge on any atom is -0.392 e. The third-order valence-electron chi connectivity index (χ3n) is 3.22. The van der Waals surface area contributed by atoms with E-state index in [4.69, 9.17) is 0 Å². The highest BCUT2D eigenvalue weighted by atomic mass is 32.2. The highest BCUT2D eigenvalue weighted by Crippen LogP contribution is 2.32. The Labute approximate surface area is 119 Å². The second-order valence-corrected chi connectivity index (χ2v) is 5.59. The van der Waals surface area contributed by atoms with Crippen LogP contribution in [0.3, 0.4) is 0 Å². The van der Waals surface area contributed by atoms with E-state index in [0.717, 1.165) is 29.6 Å². The van der Waals surface area contributed by atoms with Gasteiger partial charge in [0.25, 0.3) is 0 Å². The van der Waals surface area contributed by atoms with Gasteiger partial charge in [-0.05, 0) is 24.5 Å². The molecule has 0 aliphatic heterocycles. The lowest BCUT2D eigenvalue weighted by Gasteiger charge is -2.22. The van der Waals surface area contributed by atoms with Gasteiger partial charge in [-0.1, -0.05) is 44.2 Å². The molecule has 1 aromatic rings. The van der Waals surface area contributed by atoms with Crippen LogP contribution in [0.5, 0.6) is 0 Å². The van der Waals surface area contributed by atoms with Crippen molar-refractivity contribution >= 4 is 18.0 Å². The minimum atomic E-state index is -0.400. The Hall–Kier alpha value is -1.06. The van der Waals surface area contributed by atoms with E-state index in [0.29, 0.717) is 5.75 Å². The lowest BCUT2D eigenvalue weighted by Crippen LogP contribution is -2.22. The summed E-state index contributed by atoms with van der Waals surface area (Å²) < 4.78 is 0. The third-order valence-corrected chi connectivity index (χ3v) is 4.61. The molecular weight excluding hydrogens is 256 g/mol. The third kappa shape index (κ3) is 4.51. The molecule has 1 rings (SSSR count). The Bertz CT molecular complexity index is 429. The first kappa shape index (κ1) is 16.0. The first-order valence-electron chi connectivity index (χ1n) is 6.67. The largest absolute Gasteiger partial charge is 0.392 e. The molecule has 3 heteroatoms. The van der Waals surface area contributed by atoms with E-state index in [2.05, 4.69) is 13.0 Å². The van der Waals surface area contributed by atoms with Crippen LogP contribution in [0.25, 0.3) is 0 Å². The number of hydrogen-bond donors (Lipinski definition) is 1. The highest BCUT2D eigenvalue weighted by Gasteiger charge is 2.24. The number of allylic oxidation sites excluding steroid dienone is 2. The van der Waals surface area contributed by atoms with Crippen LogP contribution in [0.1, 0.15) is 32.3 Å². The summed E-state index contributed by atoms with van der Waals surface area (Å²) in [7, 11) is 0. The summed E-state index contributed by atoms with van der Waals surface area (Å²) in [6, 6.07) is 7.78. The van der Waals surface area contributed by atoms with Crippen molar-refractivity contribution in [3.8, 4) is 0 Å². The smallest absolute Gasteiger partial charge is 0.130 e. The summed E-state index contributed by atoms with van der Waals surface area (Å²) >= 11 is 1.64.